The van der Waals surface area contributed by atoms with Crippen LogP contribution in [0.25, 0.3) is 0 Å². The van der Waals surface area contributed by atoms with E-state index in [0.29, 0.717) is 0 Å². The van der Waals surface area contributed by atoms with Crippen molar-refractivity contribution >= 4 is 0 Å². The molecule has 0 radical (unpaired) electrons. The highest BCUT2D eigenvalue weighted by atomic mass is 16.3. The molecule has 1 aliphatic heterocycles. The van der Waals surface area contributed by atoms with Crippen molar-refractivity contribution < 1.29 is 4.42 Å². The molecule has 2 aliphatic rings. The summed E-state index contributed by atoms with van der Waals surface area (Å²) < 4.78 is 5.63. The first-order valence-electron chi connectivity index (χ1n) is 7.49. The van der Waals surface area contributed by atoms with E-state index in [-0.39, 0.29) is 0 Å². The van der Waals surface area contributed by atoms with Crippen molar-refractivity contribution in [2.45, 2.75) is 25.9 Å². The van der Waals surface area contributed by atoms with Crippen LogP contribution in [0.15, 0.2) is 16.7 Å². The second-order valence-electron chi connectivity index (χ2n) is 5.92. The van der Waals surface area contributed by atoms with E-state index < -0.39 is 0 Å². The van der Waals surface area contributed by atoms with Crippen LogP contribution < -0.4 is 5.32 Å². The zero-order valence-corrected chi connectivity index (χ0v) is 11.9. The van der Waals surface area contributed by atoms with Crippen molar-refractivity contribution in [2.75, 3.05) is 39.8 Å². The highest BCUT2D eigenvalue weighted by molar-refractivity contribution is 5.16. The zero-order chi connectivity index (χ0) is 13.1. The summed E-state index contributed by atoms with van der Waals surface area (Å²) in [5, 5.41) is 3.20. The molecule has 0 bridgehead atoms. The van der Waals surface area contributed by atoms with E-state index >= 15 is 0 Å². The Morgan fingerprint density at radius 1 is 1.21 bits per heavy atom. The monoisotopic (exact) mass is 263 g/mol. The molecule has 2 heterocycles. The number of hydrogen-bond acceptors (Lipinski definition) is 4. The Bertz CT molecular complexity index is 392. The van der Waals surface area contributed by atoms with Crippen molar-refractivity contribution in [2.24, 2.45) is 5.92 Å². The Labute approximate surface area is 115 Å². The Morgan fingerprint density at radius 2 is 1.95 bits per heavy atom. The second kappa shape index (κ2) is 6.07. The third-order valence-electron chi connectivity index (χ3n) is 4.25. The predicted molar refractivity (Wildman–Crippen MR) is 75.9 cm³/mol. The van der Waals surface area contributed by atoms with Crippen LogP contribution in [0.4, 0.5) is 0 Å². The summed E-state index contributed by atoms with van der Waals surface area (Å²) in [7, 11) is 1.98. The Kier molecular flexibility index (Phi) is 4.21. The third-order valence-corrected chi connectivity index (χ3v) is 4.25. The number of hydrogen-bond donors (Lipinski definition) is 1. The van der Waals surface area contributed by atoms with E-state index in [2.05, 4.69) is 21.2 Å². The van der Waals surface area contributed by atoms with Gasteiger partial charge < -0.3 is 14.6 Å². The lowest BCUT2D eigenvalue weighted by atomic mass is 10.2. The molecule has 0 aromatic carbocycles. The molecule has 1 saturated heterocycles. The Morgan fingerprint density at radius 3 is 2.63 bits per heavy atom. The molecule has 1 aromatic heterocycles. The first-order chi connectivity index (χ1) is 9.35. The molecular weight excluding hydrogens is 238 g/mol. The van der Waals surface area contributed by atoms with Crippen molar-refractivity contribution in [3.63, 3.8) is 0 Å². The average molecular weight is 263 g/mol. The van der Waals surface area contributed by atoms with Crippen molar-refractivity contribution in [3.8, 4) is 0 Å². The van der Waals surface area contributed by atoms with Crippen LogP contribution in [-0.4, -0.2) is 49.6 Å². The summed E-state index contributed by atoms with van der Waals surface area (Å²) in [6, 6.07) is 2.08. The topological polar surface area (TPSA) is 31.7 Å². The maximum atomic E-state index is 5.63. The second-order valence-corrected chi connectivity index (χ2v) is 5.92. The quantitative estimate of drug-likeness (QED) is 0.843. The fraction of sp³-hybridized carbons (Fsp3) is 0.733. The molecule has 3 rings (SSSR count). The lowest BCUT2D eigenvalue weighted by Crippen LogP contribution is -2.46. The van der Waals surface area contributed by atoms with Crippen LogP contribution in [0.1, 0.15) is 24.2 Å². The normalized spacial score (nSPS) is 21.9. The third kappa shape index (κ3) is 3.59. The molecule has 4 heteroatoms. The van der Waals surface area contributed by atoms with Gasteiger partial charge in [0.25, 0.3) is 0 Å². The molecule has 19 heavy (non-hydrogen) atoms. The highest BCUT2D eigenvalue weighted by Gasteiger charge is 2.26. The van der Waals surface area contributed by atoms with E-state index in [1.54, 1.807) is 0 Å². The van der Waals surface area contributed by atoms with E-state index in [9.17, 15) is 0 Å². The summed E-state index contributed by atoms with van der Waals surface area (Å²) in [5.74, 6) is 2.14. The Balaban J connectivity index is 1.46. The van der Waals surface area contributed by atoms with Gasteiger partial charge in [0.1, 0.15) is 5.76 Å². The van der Waals surface area contributed by atoms with Gasteiger partial charge in [0.15, 0.2) is 0 Å². The molecule has 1 aliphatic carbocycles. The SMILES string of the molecule is CNCc1ccoc1CN1CCN(CC2CC2)CC1. The minimum atomic E-state index is 0.896. The molecule has 0 unspecified atom stereocenters. The van der Waals surface area contributed by atoms with Crippen molar-refractivity contribution in [1.29, 1.82) is 0 Å². The standard InChI is InChI=1S/C15H25N3O/c1-16-10-14-4-9-19-15(14)12-18-7-5-17(6-8-18)11-13-2-3-13/h4,9,13,16H,2-3,5-8,10-12H2,1H3. The maximum Gasteiger partial charge on any atom is 0.122 e. The van der Waals surface area contributed by atoms with Gasteiger partial charge >= 0.3 is 0 Å². The number of furan rings is 1. The van der Waals surface area contributed by atoms with E-state index in [1.165, 1.54) is 51.1 Å². The van der Waals surface area contributed by atoms with Crippen molar-refractivity contribution in [3.05, 3.63) is 23.7 Å². The van der Waals surface area contributed by atoms with Crippen LogP contribution in [-0.2, 0) is 13.1 Å². The lowest BCUT2D eigenvalue weighted by molar-refractivity contribution is 0.117. The lowest BCUT2D eigenvalue weighted by Gasteiger charge is -2.34. The molecule has 0 atom stereocenters. The summed E-state index contributed by atoms with van der Waals surface area (Å²) in [6.45, 7) is 7.98. The van der Waals surface area contributed by atoms with Crippen LogP contribution >= 0.6 is 0 Å². The molecular formula is C15H25N3O. The van der Waals surface area contributed by atoms with Gasteiger partial charge in [-0.15, -0.1) is 0 Å². The molecule has 1 aromatic rings. The summed E-state index contributed by atoms with van der Waals surface area (Å²) in [6.07, 6.45) is 4.73. The van der Waals surface area contributed by atoms with E-state index in [4.69, 9.17) is 4.42 Å². The first kappa shape index (κ1) is 13.2. The van der Waals surface area contributed by atoms with Crippen LogP contribution in [0.3, 0.4) is 0 Å². The summed E-state index contributed by atoms with van der Waals surface area (Å²) >= 11 is 0. The number of piperazine rings is 1. The van der Waals surface area contributed by atoms with Gasteiger partial charge in [-0.25, -0.2) is 0 Å². The Hall–Kier alpha value is -0.840. The van der Waals surface area contributed by atoms with Gasteiger partial charge in [0.05, 0.1) is 12.8 Å². The fourth-order valence-electron chi connectivity index (χ4n) is 2.85. The zero-order valence-electron chi connectivity index (χ0n) is 11.9. The fourth-order valence-corrected chi connectivity index (χ4v) is 2.85. The predicted octanol–water partition coefficient (Wildman–Crippen LogP) is 1.53. The highest BCUT2D eigenvalue weighted by Crippen LogP contribution is 2.30. The largest absolute Gasteiger partial charge is 0.468 e. The number of nitrogens with one attached hydrogen (secondary N) is 1. The van der Waals surface area contributed by atoms with Crippen LogP contribution in [0, 0.1) is 5.92 Å². The average Bonchev–Trinajstić information content (AvgIpc) is 3.13. The minimum Gasteiger partial charge on any atom is -0.468 e. The smallest absolute Gasteiger partial charge is 0.122 e. The van der Waals surface area contributed by atoms with E-state index in [1.807, 2.05) is 13.3 Å². The van der Waals surface area contributed by atoms with Crippen LogP contribution in [0.5, 0.6) is 0 Å². The molecule has 0 spiro atoms. The van der Waals surface area contributed by atoms with Gasteiger partial charge in [0, 0.05) is 44.8 Å². The van der Waals surface area contributed by atoms with Gasteiger partial charge in [-0.3, -0.25) is 4.90 Å². The number of nitrogens with zero attached hydrogens (tertiary/aromatic N) is 2. The molecule has 1 N–H and O–H groups in total. The maximum absolute atomic E-state index is 5.63. The molecule has 1 saturated carbocycles. The van der Waals surface area contributed by atoms with E-state index in [0.717, 1.165) is 24.8 Å². The molecule has 4 nitrogen and oxygen atoms in total. The molecule has 2 fully saturated rings. The summed E-state index contributed by atoms with van der Waals surface area (Å²) in [5.41, 5.74) is 1.29. The molecule has 0 amide bonds. The van der Waals surface area contributed by atoms with Crippen LogP contribution in [0.2, 0.25) is 0 Å². The van der Waals surface area contributed by atoms with Crippen molar-refractivity contribution in [1.82, 2.24) is 15.1 Å². The van der Waals surface area contributed by atoms with Gasteiger partial charge in [-0.2, -0.15) is 0 Å². The minimum absolute atomic E-state index is 0.896. The van der Waals surface area contributed by atoms with Gasteiger partial charge in [0.2, 0.25) is 0 Å². The summed E-state index contributed by atoms with van der Waals surface area (Å²) in [4.78, 5) is 5.15. The first-order valence-corrected chi connectivity index (χ1v) is 7.49. The number of rotatable bonds is 6. The molecule has 106 valence electrons. The van der Waals surface area contributed by atoms with Gasteiger partial charge in [-0.05, 0) is 31.9 Å². The van der Waals surface area contributed by atoms with Gasteiger partial charge in [-0.1, -0.05) is 0 Å².